The Hall–Kier alpha value is -0.730. The third-order valence-electron chi connectivity index (χ3n) is 2.72. The quantitative estimate of drug-likeness (QED) is 0.549. The van der Waals surface area contributed by atoms with Gasteiger partial charge in [0.15, 0.2) is 0 Å². The number of alkyl halides is 1. The van der Waals surface area contributed by atoms with E-state index < -0.39 is 0 Å². The van der Waals surface area contributed by atoms with E-state index in [1.165, 1.54) is 16.7 Å². The summed E-state index contributed by atoms with van der Waals surface area (Å²) in [5, 5.41) is 0. The van der Waals surface area contributed by atoms with Gasteiger partial charge in [0.05, 0.1) is 12.5 Å². The zero-order valence-corrected chi connectivity index (χ0v) is 11.6. The van der Waals surface area contributed by atoms with Crippen LogP contribution in [-0.2, 0) is 11.2 Å². The van der Waals surface area contributed by atoms with Gasteiger partial charge in [-0.05, 0) is 56.0 Å². The van der Waals surface area contributed by atoms with E-state index in [-0.39, 0.29) is 0 Å². The first-order chi connectivity index (χ1) is 8.19. The molecule has 0 aromatic heterocycles. The Morgan fingerprint density at radius 1 is 1.12 bits per heavy atom. The van der Waals surface area contributed by atoms with Crippen molar-refractivity contribution in [2.45, 2.75) is 27.2 Å². The Kier molecular flexibility index (Phi) is 6.38. The average molecular weight is 257 g/mol. The van der Waals surface area contributed by atoms with Crippen molar-refractivity contribution in [2.75, 3.05) is 25.7 Å². The topological polar surface area (TPSA) is 18.5 Å². The molecule has 0 aliphatic rings. The monoisotopic (exact) mass is 256 g/mol. The number of ether oxygens (including phenoxy) is 2. The lowest BCUT2D eigenvalue weighted by molar-refractivity contribution is 0.150. The molecule has 0 radical (unpaired) electrons. The highest BCUT2D eigenvalue weighted by molar-refractivity contribution is 6.18. The summed E-state index contributed by atoms with van der Waals surface area (Å²) in [5.74, 6) is 1.42. The van der Waals surface area contributed by atoms with E-state index in [0.29, 0.717) is 12.5 Å². The number of hydrogen-bond acceptors (Lipinski definition) is 2. The lowest BCUT2D eigenvalue weighted by atomic mass is 10.00. The maximum absolute atomic E-state index is 5.61. The first kappa shape index (κ1) is 14.3. The van der Waals surface area contributed by atoms with E-state index in [4.69, 9.17) is 21.1 Å². The van der Waals surface area contributed by atoms with Crippen LogP contribution in [0.2, 0.25) is 0 Å². The summed E-state index contributed by atoms with van der Waals surface area (Å²) in [6.45, 7) is 8.35. The predicted molar refractivity (Wildman–Crippen MR) is 72.3 cm³/mol. The molecule has 0 N–H and O–H groups in total. The summed E-state index contributed by atoms with van der Waals surface area (Å²) in [7, 11) is 0. The van der Waals surface area contributed by atoms with Crippen molar-refractivity contribution in [3.8, 4) is 5.75 Å². The highest BCUT2D eigenvalue weighted by Crippen LogP contribution is 2.22. The van der Waals surface area contributed by atoms with Gasteiger partial charge >= 0.3 is 0 Å². The largest absolute Gasteiger partial charge is 0.492 e. The Morgan fingerprint density at radius 3 is 2.29 bits per heavy atom. The van der Waals surface area contributed by atoms with Gasteiger partial charge in [0.2, 0.25) is 0 Å². The van der Waals surface area contributed by atoms with Crippen molar-refractivity contribution in [1.82, 2.24) is 0 Å². The summed E-state index contributed by atoms with van der Waals surface area (Å²) >= 11 is 5.61. The molecular weight excluding hydrogens is 236 g/mol. The van der Waals surface area contributed by atoms with Gasteiger partial charge in [-0.3, -0.25) is 0 Å². The van der Waals surface area contributed by atoms with Gasteiger partial charge in [0.25, 0.3) is 0 Å². The van der Waals surface area contributed by atoms with Gasteiger partial charge in [-0.25, -0.2) is 0 Å². The molecule has 0 fully saturated rings. The van der Waals surface area contributed by atoms with Crippen LogP contribution in [0, 0.1) is 13.8 Å². The zero-order valence-electron chi connectivity index (χ0n) is 10.9. The van der Waals surface area contributed by atoms with Crippen molar-refractivity contribution in [3.05, 3.63) is 28.8 Å². The van der Waals surface area contributed by atoms with Crippen LogP contribution >= 0.6 is 11.6 Å². The lowest BCUT2D eigenvalue weighted by Gasteiger charge is -2.13. The molecule has 0 bridgehead atoms. The van der Waals surface area contributed by atoms with Crippen molar-refractivity contribution in [1.29, 1.82) is 0 Å². The maximum atomic E-state index is 5.61. The Labute approximate surface area is 109 Å². The summed E-state index contributed by atoms with van der Waals surface area (Å²) in [6, 6.07) is 4.14. The highest BCUT2D eigenvalue weighted by atomic mass is 35.5. The standard InChI is InChI=1S/C14H21ClO2/c1-4-16-7-5-14-11(2)9-13(10-12(14)3)17-8-6-15/h9-10H,4-8H2,1-3H3. The van der Waals surface area contributed by atoms with E-state index in [1.807, 2.05) is 6.92 Å². The Balaban J connectivity index is 2.72. The second-order valence-electron chi connectivity index (χ2n) is 4.02. The summed E-state index contributed by atoms with van der Waals surface area (Å²) in [6.07, 6.45) is 0.960. The van der Waals surface area contributed by atoms with Gasteiger partial charge < -0.3 is 9.47 Å². The molecular formula is C14H21ClO2. The molecule has 0 saturated carbocycles. The summed E-state index contributed by atoms with van der Waals surface area (Å²) < 4.78 is 10.9. The molecule has 2 nitrogen and oxygen atoms in total. The van der Waals surface area contributed by atoms with Crippen LogP contribution < -0.4 is 4.74 Å². The molecule has 0 saturated heterocycles. The van der Waals surface area contributed by atoms with Crippen molar-refractivity contribution in [3.63, 3.8) is 0 Å². The second-order valence-corrected chi connectivity index (χ2v) is 4.40. The highest BCUT2D eigenvalue weighted by Gasteiger charge is 2.06. The molecule has 1 aromatic carbocycles. The SMILES string of the molecule is CCOCCc1c(C)cc(OCCCl)cc1C. The third-order valence-corrected chi connectivity index (χ3v) is 2.87. The first-order valence-electron chi connectivity index (χ1n) is 6.05. The van der Waals surface area contributed by atoms with E-state index in [1.54, 1.807) is 0 Å². The lowest BCUT2D eigenvalue weighted by Crippen LogP contribution is -2.04. The zero-order chi connectivity index (χ0) is 12.7. The van der Waals surface area contributed by atoms with Crippen LogP contribution in [0.5, 0.6) is 5.75 Å². The molecule has 0 aliphatic carbocycles. The van der Waals surface area contributed by atoms with Crippen LogP contribution in [0.3, 0.4) is 0 Å². The van der Waals surface area contributed by atoms with Crippen LogP contribution in [0.4, 0.5) is 0 Å². The van der Waals surface area contributed by atoms with Crippen molar-refractivity contribution < 1.29 is 9.47 Å². The van der Waals surface area contributed by atoms with E-state index in [9.17, 15) is 0 Å². The van der Waals surface area contributed by atoms with Gasteiger partial charge in [-0.2, -0.15) is 0 Å². The second kappa shape index (κ2) is 7.57. The molecule has 0 spiro atoms. The minimum absolute atomic E-state index is 0.518. The fourth-order valence-electron chi connectivity index (χ4n) is 1.91. The fourth-order valence-corrected chi connectivity index (χ4v) is 1.98. The number of halogens is 1. The average Bonchev–Trinajstić information content (AvgIpc) is 2.30. The number of aryl methyl sites for hydroxylation is 2. The summed E-state index contributed by atoms with van der Waals surface area (Å²) in [4.78, 5) is 0. The normalized spacial score (nSPS) is 10.6. The fraction of sp³-hybridized carbons (Fsp3) is 0.571. The van der Waals surface area contributed by atoms with Crippen molar-refractivity contribution >= 4 is 11.6 Å². The number of rotatable bonds is 7. The Bertz CT molecular complexity index is 327. The van der Waals surface area contributed by atoms with Crippen LogP contribution in [0.1, 0.15) is 23.6 Å². The van der Waals surface area contributed by atoms with Gasteiger partial charge in [0.1, 0.15) is 12.4 Å². The molecule has 96 valence electrons. The van der Waals surface area contributed by atoms with Gasteiger partial charge in [-0.1, -0.05) is 0 Å². The first-order valence-corrected chi connectivity index (χ1v) is 6.59. The van der Waals surface area contributed by atoms with Crippen LogP contribution in [0.15, 0.2) is 12.1 Å². The molecule has 1 aromatic rings. The third kappa shape index (κ3) is 4.57. The molecule has 3 heteroatoms. The molecule has 0 unspecified atom stereocenters. The van der Waals surface area contributed by atoms with Crippen LogP contribution in [-0.4, -0.2) is 25.7 Å². The number of hydrogen-bond donors (Lipinski definition) is 0. The maximum Gasteiger partial charge on any atom is 0.119 e. The van der Waals surface area contributed by atoms with E-state index in [2.05, 4.69) is 26.0 Å². The molecule has 0 aliphatic heterocycles. The van der Waals surface area contributed by atoms with E-state index >= 15 is 0 Å². The van der Waals surface area contributed by atoms with E-state index in [0.717, 1.165) is 25.4 Å². The molecule has 17 heavy (non-hydrogen) atoms. The number of benzene rings is 1. The van der Waals surface area contributed by atoms with Gasteiger partial charge in [-0.15, -0.1) is 11.6 Å². The molecule has 0 heterocycles. The summed E-state index contributed by atoms with van der Waals surface area (Å²) in [5.41, 5.74) is 3.88. The smallest absolute Gasteiger partial charge is 0.119 e. The predicted octanol–water partition coefficient (Wildman–Crippen LogP) is 3.50. The molecule has 0 amide bonds. The van der Waals surface area contributed by atoms with Gasteiger partial charge in [0, 0.05) is 6.61 Å². The van der Waals surface area contributed by atoms with Crippen molar-refractivity contribution in [2.24, 2.45) is 0 Å². The molecule has 1 rings (SSSR count). The van der Waals surface area contributed by atoms with Crippen LogP contribution in [0.25, 0.3) is 0 Å². The molecule has 0 atom stereocenters. The minimum atomic E-state index is 0.518. The Morgan fingerprint density at radius 2 is 1.76 bits per heavy atom. The minimum Gasteiger partial charge on any atom is -0.492 e.